The molecule has 0 spiro atoms. The highest BCUT2D eigenvalue weighted by Crippen LogP contribution is 2.12. The largest absolute Gasteiger partial charge is 0.0874 e. The number of allylic oxidation sites excluding steroid dienone is 2. The zero-order valence-electron chi connectivity index (χ0n) is 9.06. The highest BCUT2D eigenvalue weighted by Gasteiger charge is 1.96. The van der Waals surface area contributed by atoms with Gasteiger partial charge in [0, 0.05) is 4.83 Å². The van der Waals surface area contributed by atoms with Crippen LogP contribution < -0.4 is 0 Å². The van der Waals surface area contributed by atoms with E-state index in [2.05, 4.69) is 41.9 Å². The van der Waals surface area contributed by atoms with Crippen LogP contribution in [0.1, 0.15) is 58.8 Å². The van der Waals surface area contributed by atoms with Crippen LogP contribution in [0.5, 0.6) is 0 Å². The summed E-state index contributed by atoms with van der Waals surface area (Å²) in [6.07, 6.45) is 13.8. The van der Waals surface area contributed by atoms with E-state index >= 15 is 0 Å². The maximum absolute atomic E-state index is 3.66. The summed E-state index contributed by atoms with van der Waals surface area (Å²) in [5.74, 6) is 0. The van der Waals surface area contributed by atoms with Crippen LogP contribution in [0.25, 0.3) is 0 Å². The Morgan fingerprint density at radius 1 is 1.08 bits per heavy atom. The molecule has 1 heteroatoms. The van der Waals surface area contributed by atoms with Crippen molar-refractivity contribution in [2.75, 3.05) is 0 Å². The van der Waals surface area contributed by atoms with E-state index in [9.17, 15) is 0 Å². The van der Waals surface area contributed by atoms with Gasteiger partial charge in [-0.15, -0.1) is 0 Å². The highest BCUT2D eigenvalue weighted by atomic mass is 79.9. The van der Waals surface area contributed by atoms with Gasteiger partial charge in [-0.2, -0.15) is 0 Å². The summed E-state index contributed by atoms with van der Waals surface area (Å²) in [5, 5.41) is 0. The van der Waals surface area contributed by atoms with E-state index in [0.29, 0.717) is 4.83 Å². The molecule has 0 bridgehead atoms. The van der Waals surface area contributed by atoms with Crippen molar-refractivity contribution in [3.05, 3.63) is 12.2 Å². The van der Waals surface area contributed by atoms with Gasteiger partial charge in [-0.3, -0.25) is 0 Å². The van der Waals surface area contributed by atoms with Crippen LogP contribution in [0.15, 0.2) is 12.2 Å². The molecule has 0 aromatic rings. The molecule has 1 unspecified atom stereocenters. The molecule has 0 nitrogen and oxygen atoms in total. The fraction of sp³-hybridized carbons (Fsp3) is 0.833. The van der Waals surface area contributed by atoms with E-state index in [1.807, 2.05) is 0 Å². The predicted octanol–water partition coefficient (Wildman–Crippen LogP) is 5.08. The molecular formula is C12H23Br. The van der Waals surface area contributed by atoms with Gasteiger partial charge in [-0.05, 0) is 19.3 Å². The normalized spacial score (nSPS) is 13.8. The number of unbranched alkanes of at least 4 members (excludes halogenated alkanes) is 4. The summed E-state index contributed by atoms with van der Waals surface area (Å²) in [6, 6.07) is 0. The predicted molar refractivity (Wildman–Crippen MR) is 65.5 cm³/mol. The summed E-state index contributed by atoms with van der Waals surface area (Å²) in [7, 11) is 0. The Labute approximate surface area is 91.9 Å². The van der Waals surface area contributed by atoms with Crippen LogP contribution in [0.2, 0.25) is 0 Å². The smallest absolute Gasteiger partial charge is 0.0325 e. The van der Waals surface area contributed by atoms with Crippen molar-refractivity contribution in [2.24, 2.45) is 0 Å². The van der Waals surface area contributed by atoms with Crippen molar-refractivity contribution < 1.29 is 0 Å². The maximum Gasteiger partial charge on any atom is 0.0325 e. The van der Waals surface area contributed by atoms with E-state index in [1.54, 1.807) is 0 Å². The summed E-state index contributed by atoms with van der Waals surface area (Å²) in [6.45, 7) is 4.49. The lowest BCUT2D eigenvalue weighted by molar-refractivity contribution is 0.721. The first-order valence-electron chi connectivity index (χ1n) is 5.62. The SMILES string of the molecule is CCCCC/C=C/C(Br)CCCC. The molecule has 0 fully saturated rings. The van der Waals surface area contributed by atoms with Gasteiger partial charge >= 0.3 is 0 Å². The molecule has 0 aromatic carbocycles. The average molecular weight is 247 g/mol. The molecule has 0 radical (unpaired) electrons. The molecule has 0 aromatic heterocycles. The van der Waals surface area contributed by atoms with Crippen LogP contribution in [0.3, 0.4) is 0 Å². The number of halogens is 1. The van der Waals surface area contributed by atoms with Crippen LogP contribution >= 0.6 is 15.9 Å². The molecule has 0 aliphatic rings. The Kier molecular flexibility index (Phi) is 10.5. The van der Waals surface area contributed by atoms with Crippen molar-refractivity contribution >= 4 is 15.9 Å². The fourth-order valence-corrected chi connectivity index (χ4v) is 1.79. The molecule has 0 saturated carbocycles. The van der Waals surface area contributed by atoms with E-state index in [-0.39, 0.29) is 0 Å². The molecule has 1 atom stereocenters. The molecule has 0 amide bonds. The highest BCUT2D eigenvalue weighted by molar-refractivity contribution is 9.09. The van der Waals surface area contributed by atoms with E-state index in [1.165, 1.54) is 44.9 Å². The van der Waals surface area contributed by atoms with Gasteiger partial charge in [0.05, 0.1) is 0 Å². The van der Waals surface area contributed by atoms with Crippen molar-refractivity contribution in [3.8, 4) is 0 Å². The summed E-state index contributed by atoms with van der Waals surface area (Å²) >= 11 is 3.66. The fourth-order valence-electron chi connectivity index (χ4n) is 1.25. The first kappa shape index (κ1) is 13.2. The summed E-state index contributed by atoms with van der Waals surface area (Å²) in [5.41, 5.74) is 0. The topological polar surface area (TPSA) is 0 Å². The Balaban J connectivity index is 3.25. The zero-order chi connectivity index (χ0) is 9.94. The van der Waals surface area contributed by atoms with Gasteiger partial charge in [0.1, 0.15) is 0 Å². The minimum Gasteiger partial charge on any atom is -0.0874 e. The Hall–Kier alpha value is 0.220. The molecule has 0 N–H and O–H groups in total. The lowest BCUT2D eigenvalue weighted by Crippen LogP contribution is -1.91. The molecule has 0 aliphatic heterocycles. The Morgan fingerprint density at radius 2 is 1.77 bits per heavy atom. The minimum absolute atomic E-state index is 0.606. The zero-order valence-corrected chi connectivity index (χ0v) is 10.6. The summed E-state index contributed by atoms with van der Waals surface area (Å²) in [4.78, 5) is 0.606. The molecule has 0 heterocycles. The lowest BCUT2D eigenvalue weighted by Gasteiger charge is -2.01. The Morgan fingerprint density at radius 3 is 2.38 bits per heavy atom. The first-order chi connectivity index (χ1) is 6.31. The number of rotatable bonds is 8. The number of hydrogen-bond acceptors (Lipinski definition) is 0. The average Bonchev–Trinajstić information content (AvgIpc) is 2.14. The second-order valence-corrected chi connectivity index (χ2v) is 4.76. The minimum atomic E-state index is 0.606. The second kappa shape index (κ2) is 10.3. The van der Waals surface area contributed by atoms with Crippen LogP contribution in [0.4, 0.5) is 0 Å². The molecular weight excluding hydrogens is 224 g/mol. The molecule has 0 saturated heterocycles. The van der Waals surface area contributed by atoms with Gasteiger partial charge in [0.2, 0.25) is 0 Å². The third-order valence-corrected chi connectivity index (χ3v) is 2.92. The first-order valence-corrected chi connectivity index (χ1v) is 6.53. The van der Waals surface area contributed by atoms with E-state index in [4.69, 9.17) is 0 Å². The van der Waals surface area contributed by atoms with Gasteiger partial charge in [0.15, 0.2) is 0 Å². The third-order valence-electron chi connectivity index (χ3n) is 2.15. The quantitative estimate of drug-likeness (QED) is 0.319. The lowest BCUT2D eigenvalue weighted by atomic mass is 10.1. The van der Waals surface area contributed by atoms with E-state index < -0.39 is 0 Å². The van der Waals surface area contributed by atoms with Gasteiger partial charge in [-0.1, -0.05) is 67.6 Å². The standard InChI is InChI=1S/C12H23Br/c1-3-5-7-8-9-11-12(13)10-6-4-2/h9,11-12H,3-8,10H2,1-2H3/b11-9+. The second-order valence-electron chi connectivity index (χ2n) is 3.58. The molecule has 0 rings (SSSR count). The van der Waals surface area contributed by atoms with Gasteiger partial charge in [-0.25, -0.2) is 0 Å². The van der Waals surface area contributed by atoms with Crippen LogP contribution in [-0.4, -0.2) is 4.83 Å². The summed E-state index contributed by atoms with van der Waals surface area (Å²) < 4.78 is 0. The van der Waals surface area contributed by atoms with Gasteiger partial charge < -0.3 is 0 Å². The van der Waals surface area contributed by atoms with E-state index in [0.717, 1.165) is 0 Å². The maximum atomic E-state index is 3.66. The van der Waals surface area contributed by atoms with Gasteiger partial charge in [0.25, 0.3) is 0 Å². The third kappa shape index (κ3) is 10.1. The molecule has 0 aliphatic carbocycles. The molecule has 13 heavy (non-hydrogen) atoms. The van der Waals surface area contributed by atoms with Crippen molar-refractivity contribution in [2.45, 2.75) is 63.6 Å². The monoisotopic (exact) mass is 246 g/mol. The van der Waals surface area contributed by atoms with Crippen molar-refractivity contribution in [1.82, 2.24) is 0 Å². The van der Waals surface area contributed by atoms with Crippen LogP contribution in [-0.2, 0) is 0 Å². The molecule has 78 valence electrons. The van der Waals surface area contributed by atoms with Crippen LogP contribution in [0, 0.1) is 0 Å². The Bertz CT molecular complexity index is 118. The number of alkyl halides is 1. The number of hydrogen-bond donors (Lipinski definition) is 0. The van der Waals surface area contributed by atoms with Crippen molar-refractivity contribution in [3.63, 3.8) is 0 Å². The van der Waals surface area contributed by atoms with Crippen molar-refractivity contribution in [1.29, 1.82) is 0 Å².